The van der Waals surface area contributed by atoms with Crippen LogP contribution in [0, 0.1) is 13.8 Å². The molecule has 2 rings (SSSR count). The molecule has 2 amide bonds. The fraction of sp³-hybridized carbons (Fsp3) is 0.650. The highest BCUT2D eigenvalue weighted by Crippen LogP contribution is 2.21. The maximum atomic E-state index is 12.9. The first kappa shape index (κ1) is 22.9. The van der Waals surface area contributed by atoms with Gasteiger partial charge in [-0.3, -0.25) is 14.5 Å². The average molecular weight is 408 g/mol. The first-order chi connectivity index (χ1) is 13.9. The van der Waals surface area contributed by atoms with Gasteiger partial charge in [-0.05, 0) is 32.8 Å². The number of esters is 1. The minimum Gasteiger partial charge on any atom is -0.462 e. The minimum absolute atomic E-state index is 0.0178. The van der Waals surface area contributed by atoms with Crippen molar-refractivity contribution in [3.63, 3.8) is 0 Å². The Bertz CT molecular complexity index is 723. The Balaban J connectivity index is 1.88. The number of carbonyl (C=O) groups excluding carboxylic acids is 3. The van der Waals surface area contributed by atoms with Gasteiger partial charge in [0.2, 0.25) is 5.91 Å². The van der Waals surface area contributed by atoms with Gasteiger partial charge in [-0.2, -0.15) is 0 Å². The molecule has 29 heavy (non-hydrogen) atoms. The number of nitrogens with zero attached hydrogens (tertiary/aromatic N) is 2. The van der Waals surface area contributed by atoms with Crippen molar-refractivity contribution < 1.29 is 23.9 Å². The highest BCUT2D eigenvalue weighted by atomic mass is 16.5. The van der Waals surface area contributed by atoms with Crippen LogP contribution < -0.4 is 5.32 Å². The van der Waals surface area contributed by atoms with Gasteiger partial charge >= 0.3 is 5.97 Å². The molecule has 9 heteroatoms. The van der Waals surface area contributed by atoms with Crippen LogP contribution in [-0.2, 0) is 14.3 Å². The molecule has 0 spiro atoms. The molecule has 9 nitrogen and oxygen atoms in total. The lowest BCUT2D eigenvalue weighted by atomic mass is 10.1. The van der Waals surface area contributed by atoms with Crippen LogP contribution in [0.1, 0.15) is 45.4 Å². The van der Waals surface area contributed by atoms with E-state index in [2.05, 4.69) is 10.3 Å². The fourth-order valence-electron chi connectivity index (χ4n) is 3.44. The smallest absolute Gasteiger partial charge is 0.340 e. The number of hydrogen-bond donors (Lipinski definition) is 2. The number of aromatic amines is 1. The summed E-state index contributed by atoms with van der Waals surface area (Å²) in [6.07, 6.45) is 0.785. The predicted octanol–water partition coefficient (Wildman–Crippen LogP) is 0.719. The maximum Gasteiger partial charge on any atom is 0.340 e. The van der Waals surface area contributed by atoms with Gasteiger partial charge in [0.15, 0.2) is 0 Å². The molecule has 1 fully saturated rings. The van der Waals surface area contributed by atoms with E-state index in [1.165, 1.54) is 0 Å². The van der Waals surface area contributed by atoms with Gasteiger partial charge in [0.25, 0.3) is 5.91 Å². The minimum atomic E-state index is -0.417. The Hall–Kier alpha value is -2.39. The van der Waals surface area contributed by atoms with E-state index in [0.717, 1.165) is 6.42 Å². The third-order valence-corrected chi connectivity index (χ3v) is 5.01. The highest BCUT2D eigenvalue weighted by Gasteiger charge is 2.28. The number of H-pyrrole nitrogens is 1. The number of aryl methyl sites for hydroxylation is 1. The molecular formula is C20H32N4O5. The summed E-state index contributed by atoms with van der Waals surface area (Å²) in [4.78, 5) is 43.9. The lowest BCUT2D eigenvalue weighted by molar-refractivity contribution is -0.122. The second-order valence-electron chi connectivity index (χ2n) is 7.11. The van der Waals surface area contributed by atoms with Gasteiger partial charge < -0.3 is 24.7 Å². The summed E-state index contributed by atoms with van der Waals surface area (Å²) in [5.41, 5.74) is 2.10. The van der Waals surface area contributed by atoms with Crippen LogP contribution in [0.25, 0.3) is 0 Å². The van der Waals surface area contributed by atoms with Crippen LogP contribution in [0.15, 0.2) is 0 Å². The van der Waals surface area contributed by atoms with Crippen molar-refractivity contribution in [3.05, 3.63) is 22.5 Å². The molecule has 1 aliphatic heterocycles. The highest BCUT2D eigenvalue weighted by molar-refractivity contribution is 6.00. The van der Waals surface area contributed by atoms with Crippen molar-refractivity contribution in [2.24, 2.45) is 0 Å². The fourth-order valence-corrected chi connectivity index (χ4v) is 3.44. The molecule has 0 atom stereocenters. The molecule has 0 aromatic carbocycles. The zero-order chi connectivity index (χ0) is 21.4. The molecule has 1 saturated heterocycles. The predicted molar refractivity (Wildman–Crippen MR) is 108 cm³/mol. The first-order valence-corrected chi connectivity index (χ1v) is 10.0. The Morgan fingerprint density at radius 1 is 1.14 bits per heavy atom. The normalized spacial score (nSPS) is 14.7. The van der Waals surface area contributed by atoms with Gasteiger partial charge in [-0.25, -0.2) is 4.79 Å². The number of piperazine rings is 1. The van der Waals surface area contributed by atoms with E-state index in [4.69, 9.17) is 9.47 Å². The van der Waals surface area contributed by atoms with Crippen LogP contribution in [0.4, 0.5) is 0 Å². The van der Waals surface area contributed by atoms with E-state index in [9.17, 15) is 14.4 Å². The molecule has 1 aromatic rings. The Labute approximate surface area is 171 Å². The number of methoxy groups -OCH3 is 1. The van der Waals surface area contributed by atoms with Crippen molar-refractivity contribution >= 4 is 17.8 Å². The number of nitrogens with one attached hydrogen (secondary N) is 2. The molecule has 162 valence electrons. The summed E-state index contributed by atoms with van der Waals surface area (Å²) in [5, 5.41) is 2.87. The van der Waals surface area contributed by atoms with Gasteiger partial charge in [0, 0.05) is 52.1 Å². The zero-order valence-electron chi connectivity index (χ0n) is 17.8. The third kappa shape index (κ3) is 6.04. The Morgan fingerprint density at radius 2 is 1.83 bits per heavy atom. The quantitative estimate of drug-likeness (QED) is 0.461. The van der Waals surface area contributed by atoms with Crippen LogP contribution in [-0.4, -0.2) is 92.2 Å². The number of rotatable bonds is 9. The lowest BCUT2D eigenvalue weighted by Crippen LogP contribution is -2.51. The summed E-state index contributed by atoms with van der Waals surface area (Å²) in [5.74, 6) is -0.570. The first-order valence-electron chi connectivity index (χ1n) is 10.0. The molecule has 1 aromatic heterocycles. The maximum absolute atomic E-state index is 12.9. The summed E-state index contributed by atoms with van der Waals surface area (Å²) < 4.78 is 10.0. The molecule has 0 radical (unpaired) electrons. The van der Waals surface area contributed by atoms with Gasteiger partial charge in [-0.1, -0.05) is 0 Å². The molecular weight excluding hydrogens is 376 g/mol. The van der Waals surface area contributed by atoms with E-state index in [0.29, 0.717) is 68.4 Å². The summed E-state index contributed by atoms with van der Waals surface area (Å²) in [6, 6.07) is 0. The number of ether oxygens (including phenoxy) is 2. The summed E-state index contributed by atoms with van der Waals surface area (Å²) in [6.45, 7) is 9.41. The van der Waals surface area contributed by atoms with Crippen LogP contribution in [0.5, 0.6) is 0 Å². The van der Waals surface area contributed by atoms with Crippen LogP contribution >= 0.6 is 0 Å². The Kier molecular flexibility index (Phi) is 8.66. The van der Waals surface area contributed by atoms with Gasteiger partial charge in [0.05, 0.1) is 18.7 Å². The number of amides is 2. The van der Waals surface area contributed by atoms with E-state index in [1.807, 2.05) is 4.90 Å². The van der Waals surface area contributed by atoms with Crippen molar-refractivity contribution in [3.8, 4) is 0 Å². The van der Waals surface area contributed by atoms with E-state index < -0.39 is 5.97 Å². The van der Waals surface area contributed by atoms with Crippen LogP contribution in [0.2, 0.25) is 0 Å². The van der Waals surface area contributed by atoms with E-state index >= 15 is 0 Å². The molecule has 0 aliphatic carbocycles. The zero-order valence-corrected chi connectivity index (χ0v) is 17.8. The lowest BCUT2D eigenvalue weighted by Gasteiger charge is -2.34. The van der Waals surface area contributed by atoms with Crippen molar-refractivity contribution in [2.75, 3.05) is 59.6 Å². The summed E-state index contributed by atoms with van der Waals surface area (Å²) in [7, 11) is 1.64. The van der Waals surface area contributed by atoms with Crippen molar-refractivity contribution in [1.82, 2.24) is 20.1 Å². The third-order valence-electron chi connectivity index (χ3n) is 5.01. The molecule has 2 heterocycles. The second-order valence-corrected chi connectivity index (χ2v) is 7.11. The van der Waals surface area contributed by atoms with Crippen molar-refractivity contribution in [1.29, 1.82) is 0 Å². The summed E-state index contributed by atoms with van der Waals surface area (Å²) >= 11 is 0. The second kappa shape index (κ2) is 11.0. The largest absolute Gasteiger partial charge is 0.462 e. The van der Waals surface area contributed by atoms with Crippen LogP contribution in [0.3, 0.4) is 0 Å². The Morgan fingerprint density at radius 3 is 2.45 bits per heavy atom. The van der Waals surface area contributed by atoms with E-state index in [1.54, 1.807) is 32.8 Å². The molecule has 0 saturated carbocycles. The number of aromatic nitrogens is 1. The van der Waals surface area contributed by atoms with Gasteiger partial charge in [-0.15, -0.1) is 0 Å². The van der Waals surface area contributed by atoms with Crippen molar-refractivity contribution in [2.45, 2.75) is 27.2 Å². The molecule has 0 unspecified atom stereocenters. The van der Waals surface area contributed by atoms with Gasteiger partial charge in [0.1, 0.15) is 5.69 Å². The number of hydrogen-bond acceptors (Lipinski definition) is 6. The van der Waals surface area contributed by atoms with E-state index in [-0.39, 0.29) is 18.4 Å². The molecule has 2 N–H and O–H groups in total. The molecule has 1 aliphatic rings. The molecule has 0 bridgehead atoms. The monoisotopic (exact) mass is 408 g/mol. The topological polar surface area (TPSA) is 104 Å². The number of carbonyl (C=O) groups is 3. The average Bonchev–Trinajstić information content (AvgIpc) is 2.99. The standard InChI is InChI=1S/C20H32N4O5/c1-5-29-20(27)17-14(2)18(22-15(17)3)19(26)24-10-8-23(9-11-24)13-16(25)21-7-6-12-28-4/h22H,5-13H2,1-4H3,(H,21,25). The SMILES string of the molecule is CCOC(=O)c1c(C)[nH]c(C(=O)N2CCN(CC(=O)NCCCOC)CC2)c1C.